The van der Waals surface area contributed by atoms with Gasteiger partial charge in [-0.05, 0) is 121 Å². The Morgan fingerprint density at radius 1 is 0.552 bits per heavy atom. The second-order valence-corrected chi connectivity index (χ2v) is 20.8. The zero-order valence-corrected chi connectivity index (χ0v) is 36.3. The van der Waals surface area contributed by atoms with Crippen molar-refractivity contribution < 1.29 is 4.74 Å². The van der Waals surface area contributed by atoms with Gasteiger partial charge in [0.2, 0.25) is 0 Å². The van der Waals surface area contributed by atoms with E-state index in [9.17, 15) is 0 Å². The quantitative estimate of drug-likeness (QED) is 0.112. The molecule has 0 radical (unpaired) electrons. The van der Waals surface area contributed by atoms with Crippen LogP contribution in [0, 0.1) is 0 Å². The van der Waals surface area contributed by atoms with Gasteiger partial charge in [-0.15, -0.1) is 0 Å². The Morgan fingerprint density at radius 3 is 1.71 bits per heavy atom. The first-order valence-corrected chi connectivity index (χ1v) is 24.1. The molecule has 0 fully saturated rings. The van der Waals surface area contributed by atoms with Gasteiger partial charge in [0, 0.05) is 27.2 Å². The minimum absolute atomic E-state index is 0.288. The lowest BCUT2D eigenvalue weighted by Crippen LogP contribution is -2.34. The second kappa shape index (κ2) is 16.8. The molecular formula is C55H54OP2. The van der Waals surface area contributed by atoms with Gasteiger partial charge in [0.05, 0.1) is 0 Å². The van der Waals surface area contributed by atoms with Crippen LogP contribution in [0.3, 0.4) is 0 Å². The Bertz CT molecular complexity index is 2600. The van der Waals surface area contributed by atoms with Gasteiger partial charge >= 0.3 is 0 Å². The van der Waals surface area contributed by atoms with E-state index in [1.165, 1.54) is 88.8 Å². The lowest BCUT2D eigenvalue weighted by molar-refractivity contribution is 0.424. The van der Waals surface area contributed by atoms with Crippen LogP contribution in [0.5, 0.6) is 11.5 Å². The van der Waals surface area contributed by atoms with Gasteiger partial charge in [0.25, 0.3) is 0 Å². The highest BCUT2D eigenvalue weighted by atomic mass is 31.1. The van der Waals surface area contributed by atoms with Crippen LogP contribution in [-0.2, 0) is 24.7 Å². The topological polar surface area (TPSA) is 9.23 Å². The third-order valence-corrected chi connectivity index (χ3v) is 17.3. The fraction of sp³-hybridized carbons (Fsp3) is 0.236. The molecule has 7 aromatic rings. The van der Waals surface area contributed by atoms with E-state index in [4.69, 9.17) is 4.74 Å². The van der Waals surface area contributed by atoms with E-state index in [1.54, 1.807) is 0 Å². The molecule has 2 aliphatic rings. The molecule has 0 N–H and O–H groups in total. The first-order chi connectivity index (χ1) is 28.5. The SMILES string of the molecule is CCCCc1cc(P(c2ccccc2)c2cccc3c2CCC=C3)c2c(c1)C(C)(C)c1cc(CCCC)cc(P(c3ccccc3)c3cccc4ccccc34)c1O2. The van der Waals surface area contributed by atoms with Crippen molar-refractivity contribution in [1.29, 1.82) is 0 Å². The number of benzene rings is 7. The van der Waals surface area contributed by atoms with E-state index in [1.807, 2.05) is 0 Å². The molecule has 2 unspecified atom stereocenters. The van der Waals surface area contributed by atoms with Crippen LogP contribution < -0.4 is 36.6 Å². The normalized spacial score (nSPS) is 14.9. The average Bonchev–Trinajstić information content (AvgIpc) is 3.26. The zero-order valence-electron chi connectivity index (χ0n) is 34.5. The van der Waals surface area contributed by atoms with Crippen LogP contribution in [0.15, 0.2) is 152 Å². The van der Waals surface area contributed by atoms with E-state index in [2.05, 4.69) is 185 Å². The molecule has 1 heterocycles. The predicted molar refractivity (Wildman–Crippen MR) is 255 cm³/mol. The molecule has 0 saturated carbocycles. The van der Waals surface area contributed by atoms with Crippen molar-refractivity contribution in [2.24, 2.45) is 0 Å². The van der Waals surface area contributed by atoms with Crippen LogP contribution in [0.25, 0.3) is 16.8 Å². The highest BCUT2D eigenvalue weighted by Gasteiger charge is 2.41. The highest BCUT2D eigenvalue weighted by Crippen LogP contribution is 2.54. The van der Waals surface area contributed by atoms with Crippen LogP contribution in [0.2, 0.25) is 0 Å². The Hall–Kier alpha value is -4.80. The third-order valence-electron chi connectivity index (χ3n) is 12.3. The minimum Gasteiger partial charge on any atom is -0.455 e. The number of aryl methyl sites for hydroxylation is 2. The van der Waals surface area contributed by atoms with Crippen molar-refractivity contribution in [1.82, 2.24) is 0 Å². The van der Waals surface area contributed by atoms with Crippen molar-refractivity contribution in [2.75, 3.05) is 0 Å². The van der Waals surface area contributed by atoms with Crippen LogP contribution in [0.1, 0.15) is 93.2 Å². The van der Waals surface area contributed by atoms with Crippen molar-refractivity contribution in [3.63, 3.8) is 0 Å². The molecule has 0 spiro atoms. The van der Waals surface area contributed by atoms with E-state index in [0.29, 0.717) is 0 Å². The Kier molecular flexibility index (Phi) is 11.2. The summed E-state index contributed by atoms with van der Waals surface area (Å²) in [5, 5.41) is 10.8. The molecule has 58 heavy (non-hydrogen) atoms. The monoisotopic (exact) mass is 792 g/mol. The van der Waals surface area contributed by atoms with Gasteiger partial charge in [0.1, 0.15) is 11.5 Å². The number of unbranched alkanes of at least 4 members (excludes halogenated alkanes) is 2. The number of allylic oxidation sites excluding steroid dienone is 1. The molecule has 290 valence electrons. The van der Waals surface area contributed by atoms with Gasteiger partial charge in [-0.1, -0.05) is 186 Å². The smallest absolute Gasteiger partial charge is 0.139 e. The van der Waals surface area contributed by atoms with Crippen LogP contribution in [-0.4, -0.2) is 0 Å². The molecule has 1 aliphatic heterocycles. The van der Waals surface area contributed by atoms with Gasteiger partial charge in [-0.25, -0.2) is 0 Å². The molecule has 7 aromatic carbocycles. The summed E-state index contributed by atoms with van der Waals surface area (Å²) < 4.78 is 7.82. The lowest BCUT2D eigenvalue weighted by atomic mass is 9.74. The molecular weight excluding hydrogens is 739 g/mol. The summed E-state index contributed by atoms with van der Waals surface area (Å²) in [5.74, 6) is 2.13. The number of hydrogen-bond donors (Lipinski definition) is 0. The number of fused-ring (bicyclic) bond motifs is 4. The molecule has 9 rings (SSSR count). The Labute approximate surface area is 348 Å². The zero-order chi connectivity index (χ0) is 39.6. The van der Waals surface area contributed by atoms with Crippen molar-refractivity contribution in [3.05, 3.63) is 185 Å². The summed E-state index contributed by atoms with van der Waals surface area (Å²) in [5.41, 5.74) is 8.05. The molecule has 0 amide bonds. The number of hydrogen-bond acceptors (Lipinski definition) is 1. The lowest BCUT2D eigenvalue weighted by Gasteiger charge is -2.40. The fourth-order valence-electron chi connectivity index (χ4n) is 9.16. The van der Waals surface area contributed by atoms with Gasteiger partial charge in [0.15, 0.2) is 0 Å². The average molecular weight is 793 g/mol. The minimum atomic E-state index is -0.983. The number of ether oxygens (including phenoxy) is 1. The van der Waals surface area contributed by atoms with E-state index in [-0.39, 0.29) is 5.41 Å². The summed E-state index contributed by atoms with van der Waals surface area (Å²) in [6.07, 6.45) is 13.6. The molecule has 3 heteroatoms. The molecule has 0 aromatic heterocycles. The third kappa shape index (κ3) is 7.27. The Balaban J connectivity index is 1.34. The molecule has 1 nitrogen and oxygen atoms in total. The van der Waals surface area contributed by atoms with Crippen molar-refractivity contribution in [2.45, 2.75) is 84.5 Å². The van der Waals surface area contributed by atoms with Crippen LogP contribution >= 0.6 is 15.8 Å². The van der Waals surface area contributed by atoms with Gasteiger partial charge < -0.3 is 4.74 Å². The van der Waals surface area contributed by atoms with E-state index in [0.717, 1.165) is 50.0 Å². The second-order valence-electron chi connectivity index (χ2n) is 16.5. The van der Waals surface area contributed by atoms with E-state index < -0.39 is 15.8 Å². The fourth-order valence-corrected chi connectivity index (χ4v) is 14.5. The summed E-state index contributed by atoms with van der Waals surface area (Å²) in [6.45, 7) is 9.55. The molecule has 0 saturated heterocycles. The summed E-state index contributed by atoms with van der Waals surface area (Å²) in [6, 6.07) is 55.5. The maximum Gasteiger partial charge on any atom is 0.139 e. The summed E-state index contributed by atoms with van der Waals surface area (Å²) >= 11 is 0. The molecule has 0 bridgehead atoms. The maximum absolute atomic E-state index is 7.82. The summed E-state index contributed by atoms with van der Waals surface area (Å²) in [4.78, 5) is 0. The van der Waals surface area contributed by atoms with Crippen molar-refractivity contribution >= 4 is 64.5 Å². The predicted octanol–water partition coefficient (Wildman–Crippen LogP) is 12.4. The maximum atomic E-state index is 7.82. The highest BCUT2D eigenvalue weighted by molar-refractivity contribution is 7.80. The van der Waals surface area contributed by atoms with Gasteiger partial charge in [-0.2, -0.15) is 0 Å². The van der Waals surface area contributed by atoms with Crippen molar-refractivity contribution in [3.8, 4) is 11.5 Å². The summed E-state index contributed by atoms with van der Waals surface area (Å²) in [7, 11) is -1.92. The Morgan fingerprint density at radius 2 is 1.09 bits per heavy atom. The largest absolute Gasteiger partial charge is 0.455 e. The van der Waals surface area contributed by atoms with E-state index >= 15 is 0 Å². The first kappa shape index (κ1) is 38.7. The van der Waals surface area contributed by atoms with Crippen LogP contribution in [0.4, 0.5) is 0 Å². The first-order valence-electron chi connectivity index (χ1n) is 21.5. The van der Waals surface area contributed by atoms with Gasteiger partial charge in [-0.3, -0.25) is 0 Å². The standard InChI is InChI=1S/C55H54OP2/c1-5-7-21-39-35-47-53(51(37-39)57(43-27-11-9-12-28-43)49-33-19-25-41-23-15-17-31-45(41)49)56-54-48(55(47,3)4)36-40(22-8-6-2)38-52(54)58(44-29-13-10-14-30-44)50-34-20-26-42-24-16-18-32-46(42)50/h9-17,19-20,23-31,33-38H,5-8,18,21-22,32H2,1-4H3. The molecule has 2 atom stereocenters. The molecule has 1 aliphatic carbocycles. The number of rotatable bonds is 12.